The molecule has 0 bridgehead atoms. The van der Waals surface area contributed by atoms with Crippen LogP contribution in [0.1, 0.15) is 13.3 Å². The quantitative estimate of drug-likeness (QED) is 0.625. The lowest BCUT2D eigenvalue weighted by molar-refractivity contribution is 0.482. The largest absolute Gasteiger partial charge is 0.285 e. The molecule has 4 heteroatoms. The van der Waals surface area contributed by atoms with Gasteiger partial charge in [0.1, 0.15) is 5.25 Å². The van der Waals surface area contributed by atoms with Gasteiger partial charge in [-0.05, 0) is 23.5 Å². The number of rotatable bonds is 1. The first-order valence-corrected chi connectivity index (χ1v) is 5.38. The summed E-state index contributed by atoms with van der Waals surface area (Å²) in [5, 5.41) is -0.668. The van der Waals surface area contributed by atoms with Gasteiger partial charge in [0.15, 0.2) is 0 Å². The van der Waals surface area contributed by atoms with E-state index < -0.39 is 15.4 Å². The number of allylic oxidation sites excluding steroid dienone is 2. The highest BCUT2D eigenvalue weighted by atomic mass is 32.2. The molecule has 2 atom stereocenters. The summed E-state index contributed by atoms with van der Waals surface area (Å²) < 4.78 is 30.3. The van der Waals surface area contributed by atoms with Crippen LogP contribution in [0.15, 0.2) is 23.3 Å². The average Bonchev–Trinajstić information content (AvgIpc) is 2.58. The van der Waals surface area contributed by atoms with E-state index >= 15 is 0 Å². The molecule has 0 fully saturated rings. The third kappa shape index (κ3) is 1.11. The van der Waals surface area contributed by atoms with Crippen molar-refractivity contribution in [3.8, 4) is 0 Å². The van der Waals surface area contributed by atoms with Crippen molar-refractivity contribution in [2.24, 2.45) is 5.92 Å². The molecule has 0 aliphatic heterocycles. The van der Waals surface area contributed by atoms with Crippen molar-refractivity contribution in [2.75, 3.05) is 0 Å². The Hall–Kier alpha value is -0.610. The Bertz CT molecular complexity index is 375. The minimum absolute atomic E-state index is 0.399. The second kappa shape index (κ2) is 2.20. The molecule has 0 radical (unpaired) electrons. The summed E-state index contributed by atoms with van der Waals surface area (Å²) in [6, 6.07) is 0. The number of hydrogen-bond acceptors (Lipinski definition) is 2. The van der Waals surface area contributed by atoms with Crippen molar-refractivity contribution in [3.63, 3.8) is 0 Å². The van der Waals surface area contributed by atoms with Gasteiger partial charge in [-0.15, -0.1) is 0 Å². The molecular weight excluding hydrogens is 176 g/mol. The molecule has 2 unspecified atom stereocenters. The monoisotopic (exact) mass is 186 g/mol. The second-order valence-electron chi connectivity index (χ2n) is 3.42. The van der Waals surface area contributed by atoms with Crippen LogP contribution in [-0.4, -0.2) is 18.2 Å². The van der Waals surface area contributed by atoms with E-state index in [1.807, 2.05) is 19.1 Å². The normalized spacial score (nSPS) is 33.5. The zero-order valence-corrected chi connectivity index (χ0v) is 7.50. The highest BCUT2D eigenvalue weighted by Gasteiger charge is 2.45. The van der Waals surface area contributed by atoms with Gasteiger partial charge in [0.2, 0.25) is 0 Å². The molecule has 3 nitrogen and oxygen atoms in total. The zero-order valence-electron chi connectivity index (χ0n) is 6.69. The maximum Gasteiger partial charge on any atom is 0.275 e. The Kier molecular flexibility index (Phi) is 1.47. The topological polar surface area (TPSA) is 54.4 Å². The van der Waals surface area contributed by atoms with Gasteiger partial charge >= 0.3 is 0 Å². The van der Waals surface area contributed by atoms with E-state index in [0.717, 1.165) is 17.6 Å². The number of hydrogen-bond donors (Lipinski definition) is 1. The molecule has 2 aliphatic carbocycles. The van der Waals surface area contributed by atoms with Crippen LogP contribution >= 0.6 is 0 Å². The Labute approximate surface area is 71.5 Å². The lowest BCUT2D eigenvalue weighted by atomic mass is 10.0. The van der Waals surface area contributed by atoms with Gasteiger partial charge < -0.3 is 0 Å². The summed E-state index contributed by atoms with van der Waals surface area (Å²) in [5.74, 6) is 0.399. The fourth-order valence-corrected chi connectivity index (χ4v) is 2.78. The Morgan fingerprint density at radius 2 is 2.25 bits per heavy atom. The molecule has 2 rings (SSSR count). The predicted octanol–water partition coefficient (Wildman–Crippen LogP) is 1.15. The molecule has 2 aliphatic rings. The van der Waals surface area contributed by atoms with E-state index in [-0.39, 0.29) is 0 Å². The molecule has 0 heterocycles. The summed E-state index contributed by atoms with van der Waals surface area (Å²) >= 11 is 0. The van der Waals surface area contributed by atoms with Crippen molar-refractivity contribution in [1.29, 1.82) is 0 Å². The van der Waals surface area contributed by atoms with E-state index in [0.29, 0.717) is 5.92 Å². The molecule has 0 amide bonds. The Morgan fingerprint density at radius 1 is 1.58 bits per heavy atom. The SMILES string of the molecule is CC1C=CC2=C(C1)C2S(=O)(=O)O. The molecular formula is C8H10O3S. The highest BCUT2D eigenvalue weighted by Crippen LogP contribution is 2.45. The Morgan fingerprint density at radius 3 is 2.75 bits per heavy atom. The van der Waals surface area contributed by atoms with Crippen molar-refractivity contribution in [1.82, 2.24) is 0 Å². The maximum absolute atomic E-state index is 10.7. The molecule has 0 aromatic heterocycles. The van der Waals surface area contributed by atoms with E-state index in [9.17, 15) is 8.42 Å². The standard InChI is InChI=1S/C8H10O3S/c1-5-2-3-6-7(4-5)8(6)12(9,10)11/h2-3,5,8H,4H2,1H3,(H,9,10,11). The van der Waals surface area contributed by atoms with Crippen molar-refractivity contribution in [2.45, 2.75) is 18.6 Å². The summed E-state index contributed by atoms with van der Waals surface area (Å²) in [4.78, 5) is 0. The van der Waals surface area contributed by atoms with Crippen molar-refractivity contribution < 1.29 is 13.0 Å². The molecule has 12 heavy (non-hydrogen) atoms. The predicted molar refractivity (Wildman–Crippen MR) is 45.3 cm³/mol. The van der Waals surface area contributed by atoms with Crippen LogP contribution in [0.3, 0.4) is 0 Å². The molecule has 0 aromatic rings. The molecule has 0 saturated carbocycles. The first-order valence-electron chi connectivity index (χ1n) is 3.87. The lowest BCUT2D eigenvalue weighted by Crippen LogP contribution is -2.08. The van der Waals surface area contributed by atoms with Gasteiger partial charge in [0, 0.05) is 0 Å². The molecule has 0 aromatic carbocycles. The van der Waals surface area contributed by atoms with Crippen LogP contribution in [0.25, 0.3) is 0 Å². The van der Waals surface area contributed by atoms with Gasteiger partial charge in [-0.1, -0.05) is 19.1 Å². The van der Waals surface area contributed by atoms with Crippen LogP contribution in [0.2, 0.25) is 0 Å². The molecule has 0 spiro atoms. The van der Waals surface area contributed by atoms with Crippen molar-refractivity contribution in [3.05, 3.63) is 23.3 Å². The minimum Gasteiger partial charge on any atom is -0.285 e. The summed E-state index contributed by atoms with van der Waals surface area (Å²) in [5.41, 5.74) is 1.70. The van der Waals surface area contributed by atoms with E-state index in [1.54, 1.807) is 0 Å². The first-order chi connectivity index (χ1) is 5.50. The lowest BCUT2D eigenvalue weighted by Gasteiger charge is -2.02. The summed E-state index contributed by atoms with van der Waals surface area (Å²) in [6.45, 7) is 2.03. The zero-order chi connectivity index (χ0) is 8.93. The van der Waals surface area contributed by atoms with Gasteiger partial charge in [-0.25, -0.2) is 0 Å². The summed E-state index contributed by atoms with van der Waals surface area (Å²) in [6.07, 6.45) is 4.56. The second-order valence-corrected chi connectivity index (χ2v) is 4.92. The van der Waals surface area contributed by atoms with Gasteiger partial charge in [0.05, 0.1) is 0 Å². The fraction of sp³-hybridized carbons (Fsp3) is 0.500. The average molecular weight is 186 g/mol. The third-order valence-electron chi connectivity index (χ3n) is 2.33. The highest BCUT2D eigenvalue weighted by molar-refractivity contribution is 7.87. The smallest absolute Gasteiger partial charge is 0.275 e. The Balaban J connectivity index is 2.21. The van der Waals surface area contributed by atoms with E-state index in [1.165, 1.54) is 0 Å². The minimum atomic E-state index is -3.86. The maximum atomic E-state index is 10.7. The van der Waals surface area contributed by atoms with E-state index in [4.69, 9.17) is 4.55 Å². The molecule has 0 saturated heterocycles. The fourth-order valence-electron chi connectivity index (χ4n) is 1.70. The van der Waals surface area contributed by atoms with Crippen LogP contribution in [0, 0.1) is 5.92 Å². The van der Waals surface area contributed by atoms with Gasteiger partial charge in [-0.3, -0.25) is 4.55 Å². The third-order valence-corrected chi connectivity index (χ3v) is 3.46. The van der Waals surface area contributed by atoms with Gasteiger partial charge in [-0.2, -0.15) is 8.42 Å². The summed E-state index contributed by atoms with van der Waals surface area (Å²) in [7, 11) is -3.86. The molecule has 1 N–H and O–H groups in total. The van der Waals surface area contributed by atoms with Crippen LogP contribution < -0.4 is 0 Å². The van der Waals surface area contributed by atoms with Crippen LogP contribution in [-0.2, 0) is 10.1 Å². The first kappa shape index (κ1) is 8.01. The van der Waals surface area contributed by atoms with Crippen LogP contribution in [0.4, 0.5) is 0 Å². The van der Waals surface area contributed by atoms with Gasteiger partial charge in [0.25, 0.3) is 10.1 Å². The van der Waals surface area contributed by atoms with Crippen LogP contribution in [0.5, 0.6) is 0 Å². The molecule has 66 valence electrons. The van der Waals surface area contributed by atoms with E-state index in [2.05, 4.69) is 0 Å². The van der Waals surface area contributed by atoms with Crippen molar-refractivity contribution >= 4 is 10.1 Å².